The fourth-order valence-corrected chi connectivity index (χ4v) is 4.05. The summed E-state index contributed by atoms with van der Waals surface area (Å²) in [6.07, 6.45) is 3.02. The zero-order chi connectivity index (χ0) is 21.5. The molecule has 2 N–H and O–H groups in total. The normalized spacial score (nSPS) is 17.8. The lowest BCUT2D eigenvalue weighted by molar-refractivity contribution is -0.133. The number of aryl methyl sites for hydroxylation is 1. The van der Waals surface area contributed by atoms with Gasteiger partial charge in [-0.05, 0) is 31.4 Å². The van der Waals surface area contributed by atoms with Gasteiger partial charge in [-0.25, -0.2) is 4.79 Å². The van der Waals surface area contributed by atoms with Crippen LogP contribution in [0, 0.1) is 6.92 Å². The zero-order valence-corrected chi connectivity index (χ0v) is 17.3. The number of para-hydroxylation sites is 1. The molecule has 4 rings (SSSR count). The minimum Gasteiger partial charge on any atom is -0.334 e. The third-order valence-corrected chi connectivity index (χ3v) is 5.73. The monoisotopic (exact) mass is 411 g/mol. The first-order valence-corrected chi connectivity index (χ1v) is 10.2. The van der Waals surface area contributed by atoms with Crippen LogP contribution in [0.4, 0.5) is 10.5 Å². The van der Waals surface area contributed by atoms with E-state index in [1.54, 1.807) is 6.07 Å². The number of carbonyl (C=O) groups is 3. The summed E-state index contributed by atoms with van der Waals surface area (Å²) in [5, 5.41) is 9.59. The standard InChI is InChI=1S/C21H25N5O4/c1-12(2)17-23-18(30-25-17)14-8-6-7-13(3)16(14)22-15(27)11-26-19(28)21(24-20(26)29)9-4-5-10-21/h6-8,12H,4-5,9-11H2,1-3H3,(H,22,27)(H,24,29). The second kappa shape index (κ2) is 7.55. The molecule has 2 aliphatic rings. The summed E-state index contributed by atoms with van der Waals surface area (Å²) in [6.45, 7) is 5.42. The molecule has 30 heavy (non-hydrogen) atoms. The quantitative estimate of drug-likeness (QED) is 0.731. The Hall–Kier alpha value is -3.23. The lowest BCUT2D eigenvalue weighted by Crippen LogP contribution is -2.44. The Morgan fingerprint density at radius 3 is 2.70 bits per heavy atom. The van der Waals surface area contributed by atoms with Crippen LogP contribution in [0.3, 0.4) is 0 Å². The Labute approximate surface area is 174 Å². The number of anilines is 1. The van der Waals surface area contributed by atoms with Crippen LogP contribution in [-0.2, 0) is 9.59 Å². The van der Waals surface area contributed by atoms with Gasteiger partial charge in [0, 0.05) is 5.92 Å². The van der Waals surface area contributed by atoms with Gasteiger partial charge in [0.2, 0.25) is 5.91 Å². The number of imide groups is 1. The summed E-state index contributed by atoms with van der Waals surface area (Å²) in [6, 6.07) is 4.95. The first-order valence-electron chi connectivity index (χ1n) is 10.2. The molecule has 1 spiro atoms. The van der Waals surface area contributed by atoms with Gasteiger partial charge in [-0.1, -0.05) is 44.0 Å². The van der Waals surface area contributed by atoms with Crippen molar-refractivity contribution in [3.8, 4) is 11.5 Å². The molecule has 0 unspecified atom stereocenters. The van der Waals surface area contributed by atoms with Crippen molar-refractivity contribution in [3.05, 3.63) is 29.6 Å². The summed E-state index contributed by atoms with van der Waals surface area (Å²) >= 11 is 0. The maximum Gasteiger partial charge on any atom is 0.325 e. The molecule has 158 valence electrons. The van der Waals surface area contributed by atoms with E-state index in [1.165, 1.54) is 0 Å². The van der Waals surface area contributed by atoms with Crippen molar-refractivity contribution in [2.75, 3.05) is 11.9 Å². The predicted octanol–water partition coefficient (Wildman–Crippen LogP) is 2.97. The van der Waals surface area contributed by atoms with Crippen LogP contribution >= 0.6 is 0 Å². The van der Waals surface area contributed by atoms with E-state index in [-0.39, 0.29) is 18.4 Å². The summed E-state index contributed by atoms with van der Waals surface area (Å²) in [7, 11) is 0. The van der Waals surface area contributed by atoms with E-state index in [2.05, 4.69) is 20.8 Å². The maximum absolute atomic E-state index is 12.8. The van der Waals surface area contributed by atoms with E-state index >= 15 is 0 Å². The number of carbonyl (C=O) groups excluding carboxylic acids is 3. The van der Waals surface area contributed by atoms with E-state index < -0.39 is 17.5 Å². The van der Waals surface area contributed by atoms with Crippen molar-refractivity contribution in [2.45, 2.75) is 57.9 Å². The molecule has 1 aliphatic heterocycles. The Morgan fingerprint density at radius 1 is 1.30 bits per heavy atom. The number of aromatic nitrogens is 2. The van der Waals surface area contributed by atoms with Gasteiger partial charge >= 0.3 is 6.03 Å². The predicted molar refractivity (Wildman–Crippen MR) is 109 cm³/mol. The fraction of sp³-hybridized carbons (Fsp3) is 0.476. The molecule has 1 saturated carbocycles. The van der Waals surface area contributed by atoms with Crippen molar-refractivity contribution in [2.24, 2.45) is 0 Å². The van der Waals surface area contributed by atoms with Gasteiger partial charge in [-0.15, -0.1) is 0 Å². The molecule has 4 amide bonds. The Bertz CT molecular complexity index is 1010. The van der Waals surface area contributed by atoms with Crippen LogP contribution in [-0.4, -0.2) is 45.0 Å². The van der Waals surface area contributed by atoms with Crippen LogP contribution in [0.15, 0.2) is 22.7 Å². The molecule has 2 aromatic rings. The molecule has 9 heteroatoms. The average Bonchev–Trinajstić information content (AvgIpc) is 3.41. The van der Waals surface area contributed by atoms with E-state index in [0.717, 1.165) is 23.3 Å². The summed E-state index contributed by atoms with van der Waals surface area (Å²) in [4.78, 5) is 43.3. The van der Waals surface area contributed by atoms with E-state index in [1.807, 2.05) is 32.9 Å². The molecule has 2 heterocycles. The van der Waals surface area contributed by atoms with Gasteiger partial charge in [-0.2, -0.15) is 4.98 Å². The van der Waals surface area contributed by atoms with Crippen LogP contribution in [0.2, 0.25) is 0 Å². The minimum absolute atomic E-state index is 0.105. The summed E-state index contributed by atoms with van der Waals surface area (Å²) in [5.74, 6) is 0.201. The third kappa shape index (κ3) is 3.44. The largest absolute Gasteiger partial charge is 0.334 e. The molecule has 9 nitrogen and oxygen atoms in total. The highest BCUT2D eigenvalue weighted by Gasteiger charge is 2.52. The van der Waals surface area contributed by atoms with Crippen molar-refractivity contribution >= 4 is 23.5 Å². The molecule has 2 fully saturated rings. The van der Waals surface area contributed by atoms with E-state index in [0.29, 0.717) is 35.8 Å². The molecule has 0 atom stereocenters. The Balaban J connectivity index is 1.54. The first kappa shape index (κ1) is 20.1. The number of nitrogens with zero attached hydrogens (tertiary/aromatic N) is 3. The molecule has 1 aromatic heterocycles. The molecule has 1 aromatic carbocycles. The summed E-state index contributed by atoms with van der Waals surface area (Å²) in [5.41, 5.74) is 1.08. The van der Waals surface area contributed by atoms with Crippen LogP contribution in [0.5, 0.6) is 0 Å². The van der Waals surface area contributed by atoms with Gasteiger partial charge in [0.05, 0.1) is 11.3 Å². The highest BCUT2D eigenvalue weighted by Crippen LogP contribution is 2.35. The second-order valence-electron chi connectivity index (χ2n) is 8.27. The number of urea groups is 1. The Kier molecular flexibility index (Phi) is 5.05. The van der Waals surface area contributed by atoms with Gasteiger partial charge in [0.15, 0.2) is 5.82 Å². The van der Waals surface area contributed by atoms with Crippen LogP contribution in [0.1, 0.15) is 56.8 Å². The number of amides is 4. The highest BCUT2D eigenvalue weighted by atomic mass is 16.5. The topological polar surface area (TPSA) is 117 Å². The van der Waals surface area contributed by atoms with Gasteiger partial charge in [0.1, 0.15) is 12.1 Å². The fourth-order valence-electron chi connectivity index (χ4n) is 4.05. The maximum atomic E-state index is 12.8. The lowest BCUT2D eigenvalue weighted by Gasteiger charge is -2.20. The number of nitrogens with one attached hydrogen (secondary N) is 2. The van der Waals surface area contributed by atoms with E-state index in [9.17, 15) is 14.4 Å². The highest BCUT2D eigenvalue weighted by molar-refractivity contribution is 6.10. The van der Waals surface area contributed by atoms with Crippen LogP contribution < -0.4 is 10.6 Å². The lowest BCUT2D eigenvalue weighted by atomic mass is 9.98. The van der Waals surface area contributed by atoms with Crippen molar-refractivity contribution in [1.29, 1.82) is 0 Å². The van der Waals surface area contributed by atoms with Gasteiger partial charge in [-0.3, -0.25) is 14.5 Å². The molecule has 1 aliphatic carbocycles. The SMILES string of the molecule is Cc1cccc(-c2nc(C(C)C)no2)c1NC(=O)CN1C(=O)NC2(CCCC2)C1=O. The van der Waals surface area contributed by atoms with Crippen LogP contribution in [0.25, 0.3) is 11.5 Å². The number of rotatable bonds is 5. The van der Waals surface area contributed by atoms with Crippen molar-refractivity contribution < 1.29 is 18.9 Å². The smallest absolute Gasteiger partial charge is 0.325 e. The molecule has 1 saturated heterocycles. The average molecular weight is 411 g/mol. The molecular formula is C21H25N5O4. The van der Waals surface area contributed by atoms with Crippen molar-refractivity contribution in [3.63, 3.8) is 0 Å². The molecular weight excluding hydrogens is 386 g/mol. The number of hydrogen-bond donors (Lipinski definition) is 2. The van der Waals surface area contributed by atoms with Gasteiger partial charge < -0.3 is 15.2 Å². The zero-order valence-electron chi connectivity index (χ0n) is 17.3. The Morgan fingerprint density at radius 2 is 2.03 bits per heavy atom. The number of benzene rings is 1. The minimum atomic E-state index is -0.831. The molecule has 0 bridgehead atoms. The van der Waals surface area contributed by atoms with Crippen molar-refractivity contribution in [1.82, 2.24) is 20.4 Å². The van der Waals surface area contributed by atoms with E-state index in [4.69, 9.17) is 4.52 Å². The molecule has 0 radical (unpaired) electrons. The first-order chi connectivity index (χ1) is 14.3. The second-order valence-corrected chi connectivity index (χ2v) is 8.27. The summed E-state index contributed by atoms with van der Waals surface area (Å²) < 4.78 is 5.38. The van der Waals surface area contributed by atoms with Gasteiger partial charge in [0.25, 0.3) is 11.8 Å². The third-order valence-electron chi connectivity index (χ3n) is 5.73. The number of hydrogen-bond acceptors (Lipinski definition) is 6.